The summed E-state index contributed by atoms with van der Waals surface area (Å²) in [5, 5.41) is 9.90. The standard InChI is InChI=1S/C9H11ClO/c1-6-3-8(7(2)11)5-9(10)4-6/h3-5,7,11H,1-2H3/t7-/m0/s1. The lowest BCUT2D eigenvalue weighted by Crippen LogP contribution is -1.91. The molecule has 60 valence electrons. The summed E-state index contributed by atoms with van der Waals surface area (Å²) in [5.74, 6) is 0. The van der Waals surface area contributed by atoms with E-state index >= 15 is 0 Å². The molecule has 0 radical (unpaired) electrons. The number of benzene rings is 1. The van der Waals surface area contributed by atoms with E-state index in [1.54, 1.807) is 13.0 Å². The predicted molar refractivity (Wildman–Crippen MR) is 46.8 cm³/mol. The zero-order valence-electron chi connectivity index (χ0n) is 6.63. The summed E-state index contributed by atoms with van der Waals surface area (Å²) in [4.78, 5) is 0. The van der Waals surface area contributed by atoms with Crippen molar-refractivity contribution in [3.05, 3.63) is 34.3 Å². The van der Waals surface area contributed by atoms with Crippen molar-refractivity contribution in [3.63, 3.8) is 0 Å². The molecule has 1 atom stereocenters. The Hall–Kier alpha value is -0.530. The van der Waals surface area contributed by atoms with Gasteiger partial charge in [-0.3, -0.25) is 0 Å². The van der Waals surface area contributed by atoms with Crippen LogP contribution in [0.2, 0.25) is 5.02 Å². The highest BCUT2D eigenvalue weighted by Crippen LogP contribution is 2.19. The van der Waals surface area contributed by atoms with Crippen molar-refractivity contribution in [1.82, 2.24) is 0 Å². The quantitative estimate of drug-likeness (QED) is 0.687. The van der Waals surface area contributed by atoms with E-state index in [9.17, 15) is 5.11 Å². The first kappa shape index (κ1) is 8.57. The Morgan fingerprint density at radius 3 is 2.45 bits per heavy atom. The Morgan fingerprint density at radius 2 is 2.00 bits per heavy atom. The molecule has 1 N–H and O–H groups in total. The van der Waals surface area contributed by atoms with E-state index in [2.05, 4.69) is 0 Å². The molecule has 1 rings (SSSR count). The zero-order valence-corrected chi connectivity index (χ0v) is 7.39. The fourth-order valence-corrected chi connectivity index (χ4v) is 1.30. The highest BCUT2D eigenvalue weighted by molar-refractivity contribution is 6.30. The summed E-state index contributed by atoms with van der Waals surface area (Å²) >= 11 is 5.78. The molecule has 1 nitrogen and oxygen atoms in total. The molecule has 0 saturated heterocycles. The van der Waals surface area contributed by atoms with Gasteiger partial charge in [-0.15, -0.1) is 0 Å². The third-order valence-corrected chi connectivity index (χ3v) is 1.77. The van der Waals surface area contributed by atoms with Crippen LogP contribution in [0.15, 0.2) is 18.2 Å². The van der Waals surface area contributed by atoms with Crippen molar-refractivity contribution >= 4 is 11.6 Å². The number of rotatable bonds is 1. The maximum Gasteiger partial charge on any atom is 0.0762 e. The number of aliphatic hydroxyl groups excluding tert-OH is 1. The van der Waals surface area contributed by atoms with Crippen molar-refractivity contribution < 1.29 is 5.11 Å². The second-order valence-electron chi connectivity index (χ2n) is 2.74. The first-order valence-electron chi connectivity index (χ1n) is 3.55. The van der Waals surface area contributed by atoms with Crippen LogP contribution in [0.4, 0.5) is 0 Å². The normalized spacial score (nSPS) is 13.1. The van der Waals surface area contributed by atoms with Crippen LogP contribution in [-0.4, -0.2) is 5.11 Å². The highest BCUT2D eigenvalue weighted by Gasteiger charge is 2.01. The summed E-state index contributed by atoms with van der Waals surface area (Å²) in [5.41, 5.74) is 1.95. The van der Waals surface area contributed by atoms with Crippen LogP contribution in [0.25, 0.3) is 0 Å². The third-order valence-electron chi connectivity index (χ3n) is 1.55. The lowest BCUT2D eigenvalue weighted by Gasteiger charge is -2.05. The number of aryl methyl sites for hydroxylation is 1. The van der Waals surface area contributed by atoms with Crippen LogP contribution < -0.4 is 0 Å². The first-order chi connectivity index (χ1) is 5.09. The highest BCUT2D eigenvalue weighted by atomic mass is 35.5. The van der Waals surface area contributed by atoms with E-state index in [1.807, 2.05) is 19.1 Å². The van der Waals surface area contributed by atoms with Crippen molar-refractivity contribution in [2.75, 3.05) is 0 Å². The van der Waals surface area contributed by atoms with Crippen molar-refractivity contribution in [2.45, 2.75) is 20.0 Å². The van der Waals surface area contributed by atoms with Gasteiger partial charge in [0.15, 0.2) is 0 Å². The Kier molecular flexibility index (Phi) is 2.53. The van der Waals surface area contributed by atoms with Crippen molar-refractivity contribution in [1.29, 1.82) is 0 Å². The Labute approximate surface area is 71.6 Å². The molecule has 11 heavy (non-hydrogen) atoms. The number of aliphatic hydroxyl groups is 1. The fraction of sp³-hybridized carbons (Fsp3) is 0.333. The van der Waals surface area contributed by atoms with Gasteiger partial charge < -0.3 is 5.11 Å². The molecule has 2 heteroatoms. The van der Waals surface area contributed by atoms with Gasteiger partial charge in [-0.1, -0.05) is 17.7 Å². The molecule has 0 unspecified atom stereocenters. The molecule has 1 aromatic carbocycles. The summed E-state index contributed by atoms with van der Waals surface area (Å²) in [7, 11) is 0. The summed E-state index contributed by atoms with van der Waals surface area (Å²) in [6.07, 6.45) is -0.438. The maximum atomic E-state index is 9.21. The predicted octanol–water partition coefficient (Wildman–Crippen LogP) is 2.70. The smallest absolute Gasteiger partial charge is 0.0762 e. The lowest BCUT2D eigenvalue weighted by molar-refractivity contribution is 0.199. The monoisotopic (exact) mass is 170 g/mol. The van der Waals surface area contributed by atoms with E-state index in [-0.39, 0.29) is 0 Å². The molecular weight excluding hydrogens is 160 g/mol. The molecular formula is C9H11ClO. The molecule has 0 bridgehead atoms. The van der Waals surface area contributed by atoms with Gasteiger partial charge in [0.2, 0.25) is 0 Å². The fourth-order valence-electron chi connectivity index (χ4n) is 1.01. The van der Waals surface area contributed by atoms with E-state index in [4.69, 9.17) is 11.6 Å². The topological polar surface area (TPSA) is 20.2 Å². The second-order valence-corrected chi connectivity index (χ2v) is 3.17. The largest absolute Gasteiger partial charge is 0.389 e. The Balaban J connectivity index is 3.08. The minimum atomic E-state index is -0.438. The third kappa shape index (κ3) is 2.21. The van der Waals surface area contributed by atoms with Gasteiger partial charge >= 0.3 is 0 Å². The van der Waals surface area contributed by atoms with Crippen LogP contribution in [0, 0.1) is 6.92 Å². The minimum absolute atomic E-state index is 0.438. The average Bonchev–Trinajstić information content (AvgIpc) is 1.85. The van der Waals surface area contributed by atoms with Gasteiger partial charge in [0.05, 0.1) is 6.10 Å². The number of hydrogen-bond donors (Lipinski definition) is 1. The van der Waals surface area contributed by atoms with Crippen molar-refractivity contribution in [3.8, 4) is 0 Å². The zero-order chi connectivity index (χ0) is 8.43. The van der Waals surface area contributed by atoms with Gasteiger partial charge in [-0.05, 0) is 37.1 Å². The molecule has 0 saturated carbocycles. The molecule has 0 fully saturated rings. The maximum absolute atomic E-state index is 9.21. The van der Waals surface area contributed by atoms with Gasteiger partial charge in [0.1, 0.15) is 0 Å². The summed E-state index contributed by atoms with van der Waals surface area (Å²) in [6, 6.07) is 5.57. The molecule has 0 aliphatic heterocycles. The number of hydrogen-bond acceptors (Lipinski definition) is 1. The van der Waals surface area contributed by atoms with Crippen LogP contribution in [0.3, 0.4) is 0 Å². The summed E-state index contributed by atoms with van der Waals surface area (Å²) < 4.78 is 0. The van der Waals surface area contributed by atoms with E-state index in [1.165, 1.54) is 0 Å². The molecule has 1 aromatic rings. The average molecular weight is 171 g/mol. The van der Waals surface area contributed by atoms with Gasteiger partial charge in [0, 0.05) is 5.02 Å². The molecule has 0 amide bonds. The van der Waals surface area contributed by atoms with Crippen LogP contribution >= 0.6 is 11.6 Å². The molecule has 0 heterocycles. The van der Waals surface area contributed by atoms with E-state index in [0.717, 1.165) is 11.1 Å². The van der Waals surface area contributed by atoms with Gasteiger partial charge in [0.25, 0.3) is 0 Å². The molecule has 0 aliphatic rings. The van der Waals surface area contributed by atoms with Gasteiger partial charge in [-0.25, -0.2) is 0 Å². The lowest BCUT2D eigenvalue weighted by atomic mass is 10.1. The second kappa shape index (κ2) is 3.24. The van der Waals surface area contributed by atoms with Crippen molar-refractivity contribution in [2.24, 2.45) is 0 Å². The summed E-state index contributed by atoms with van der Waals surface area (Å²) in [6.45, 7) is 3.68. The van der Waals surface area contributed by atoms with Crippen LogP contribution in [0.1, 0.15) is 24.2 Å². The SMILES string of the molecule is Cc1cc(Cl)cc([C@H](C)O)c1. The van der Waals surface area contributed by atoms with E-state index < -0.39 is 6.10 Å². The molecule has 0 aliphatic carbocycles. The van der Waals surface area contributed by atoms with E-state index in [0.29, 0.717) is 5.02 Å². The van der Waals surface area contributed by atoms with Gasteiger partial charge in [-0.2, -0.15) is 0 Å². The number of halogens is 1. The van der Waals surface area contributed by atoms with Crippen LogP contribution in [-0.2, 0) is 0 Å². The molecule has 0 aromatic heterocycles. The first-order valence-corrected chi connectivity index (χ1v) is 3.92. The molecule has 0 spiro atoms. The Morgan fingerprint density at radius 1 is 1.36 bits per heavy atom. The minimum Gasteiger partial charge on any atom is -0.389 e. The van der Waals surface area contributed by atoms with Crippen LogP contribution in [0.5, 0.6) is 0 Å². The Bertz CT molecular complexity index is 235.